The van der Waals surface area contributed by atoms with Crippen LogP contribution in [-0.4, -0.2) is 42.2 Å². The highest BCUT2D eigenvalue weighted by Crippen LogP contribution is 2.23. The molecule has 1 fully saturated rings. The second-order valence-electron chi connectivity index (χ2n) is 4.76. The van der Waals surface area contributed by atoms with Crippen LogP contribution < -0.4 is 0 Å². The van der Waals surface area contributed by atoms with E-state index < -0.39 is 10.2 Å². The molecule has 0 amide bonds. The molecular weight excluding hydrogens is 238 g/mol. The van der Waals surface area contributed by atoms with Crippen LogP contribution in [0.3, 0.4) is 0 Å². The number of hydrogen-bond donors (Lipinski definition) is 0. The van der Waals surface area contributed by atoms with Gasteiger partial charge in [-0.3, -0.25) is 0 Å². The molecule has 0 aromatic heterocycles. The van der Waals surface area contributed by atoms with E-state index in [1.54, 1.807) is 13.8 Å². The topological polar surface area (TPSA) is 64.4 Å². The molecule has 0 aromatic carbocycles. The SMILES string of the molecule is CC(C)N(CC#N)S(=O)(=O)N1CCCCC1C. The van der Waals surface area contributed by atoms with Crippen LogP contribution in [0.25, 0.3) is 0 Å². The van der Waals surface area contributed by atoms with Crippen LogP contribution in [0.5, 0.6) is 0 Å². The Hall–Kier alpha value is -0.640. The van der Waals surface area contributed by atoms with E-state index in [0.717, 1.165) is 19.3 Å². The summed E-state index contributed by atoms with van der Waals surface area (Å²) in [5.41, 5.74) is 0. The first-order valence-corrected chi connectivity index (χ1v) is 7.46. The molecule has 5 nitrogen and oxygen atoms in total. The Balaban J connectivity index is 2.95. The van der Waals surface area contributed by atoms with Crippen molar-refractivity contribution in [2.45, 2.75) is 52.1 Å². The Morgan fingerprint density at radius 2 is 2.12 bits per heavy atom. The average molecular weight is 259 g/mol. The lowest BCUT2D eigenvalue weighted by Gasteiger charge is -2.36. The number of nitriles is 1. The van der Waals surface area contributed by atoms with Gasteiger partial charge in [0, 0.05) is 18.6 Å². The van der Waals surface area contributed by atoms with Gasteiger partial charge in [0.25, 0.3) is 10.2 Å². The quantitative estimate of drug-likeness (QED) is 0.716. The Morgan fingerprint density at radius 1 is 1.47 bits per heavy atom. The number of hydrogen-bond acceptors (Lipinski definition) is 3. The predicted octanol–water partition coefficient (Wildman–Crippen LogP) is 1.34. The van der Waals surface area contributed by atoms with E-state index in [4.69, 9.17) is 5.26 Å². The Kier molecular flexibility index (Phi) is 4.92. The molecule has 1 unspecified atom stereocenters. The van der Waals surface area contributed by atoms with E-state index in [1.807, 2.05) is 13.0 Å². The van der Waals surface area contributed by atoms with Gasteiger partial charge >= 0.3 is 0 Å². The monoisotopic (exact) mass is 259 g/mol. The molecule has 0 bridgehead atoms. The molecule has 0 N–H and O–H groups in total. The maximum absolute atomic E-state index is 12.4. The minimum Gasteiger partial charge on any atom is -0.197 e. The molecule has 0 spiro atoms. The van der Waals surface area contributed by atoms with E-state index in [2.05, 4.69) is 0 Å². The van der Waals surface area contributed by atoms with E-state index in [0.29, 0.717) is 6.54 Å². The van der Waals surface area contributed by atoms with E-state index in [-0.39, 0.29) is 18.6 Å². The summed E-state index contributed by atoms with van der Waals surface area (Å²) in [6.45, 7) is 6.01. The molecule has 1 atom stereocenters. The van der Waals surface area contributed by atoms with Gasteiger partial charge in [0.1, 0.15) is 6.54 Å². The van der Waals surface area contributed by atoms with Crippen LogP contribution in [0.15, 0.2) is 0 Å². The van der Waals surface area contributed by atoms with Crippen molar-refractivity contribution in [3.05, 3.63) is 0 Å². The first-order chi connectivity index (χ1) is 7.91. The van der Waals surface area contributed by atoms with Crippen molar-refractivity contribution in [1.29, 1.82) is 5.26 Å². The highest BCUT2D eigenvalue weighted by atomic mass is 32.2. The molecule has 0 aromatic rings. The molecule has 1 saturated heterocycles. The number of piperidine rings is 1. The molecule has 0 saturated carbocycles. The molecular formula is C11H21N3O2S. The molecule has 98 valence electrons. The minimum atomic E-state index is -3.49. The fraction of sp³-hybridized carbons (Fsp3) is 0.909. The summed E-state index contributed by atoms with van der Waals surface area (Å²) in [5.74, 6) is 0. The summed E-state index contributed by atoms with van der Waals surface area (Å²) in [6.07, 6.45) is 2.88. The highest BCUT2D eigenvalue weighted by Gasteiger charge is 2.35. The lowest BCUT2D eigenvalue weighted by Crippen LogP contribution is -2.51. The second-order valence-corrected chi connectivity index (χ2v) is 6.59. The zero-order valence-electron chi connectivity index (χ0n) is 10.8. The zero-order valence-corrected chi connectivity index (χ0v) is 11.6. The minimum absolute atomic E-state index is 0.0358. The van der Waals surface area contributed by atoms with Gasteiger partial charge in [-0.2, -0.15) is 22.3 Å². The molecule has 1 aliphatic heterocycles. The predicted molar refractivity (Wildman–Crippen MR) is 66.4 cm³/mol. The third-order valence-electron chi connectivity index (χ3n) is 3.14. The molecule has 1 rings (SSSR count). The van der Waals surface area contributed by atoms with Crippen molar-refractivity contribution >= 4 is 10.2 Å². The van der Waals surface area contributed by atoms with E-state index in [1.165, 1.54) is 8.61 Å². The van der Waals surface area contributed by atoms with Gasteiger partial charge in [-0.1, -0.05) is 6.42 Å². The Bertz CT molecular complexity index is 386. The maximum atomic E-state index is 12.4. The van der Waals surface area contributed by atoms with Gasteiger partial charge in [-0.05, 0) is 33.6 Å². The summed E-state index contributed by atoms with van der Waals surface area (Å²) in [4.78, 5) is 0. The summed E-state index contributed by atoms with van der Waals surface area (Å²) >= 11 is 0. The fourth-order valence-electron chi connectivity index (χ4n) is 2.15. The first-order valence-electron chi connectivity index (χ1n) is 6.06. The van der Waals surface area contributed by atoms with Gasteiger partial charge in [0.05, 0.1) is 6.07 Å². The molecule has 6 heteroatoms. The molecule has 0 radical (unpaired) electrons. The smallest absolute Gasteiger partial charge is 0.197 e. The third-order valence-corrected chi connectivity index (χ3v) is 5.42. The van der Waals surface area contributed by atoms with Crippen LogP contribution in [0, 0.1) is 11.3 Å². The van der Waals surface area contributed by atoms with Crippen molar-refractivity contribution in [2.75, 3.05) is 13.1 Å². The second kappa shape index (κ2) is 5.80. The van der Waals surface area contributed by atoms with Crippen LogP contribution >= 0.6 is 0 Å². The summed E-state index contributed by atoms with van der Waals surface area (Å²) in [5, 5.41) is 8.74. The van der Waals surface area contributed by atoms with Crippen LogP contribution in [0.1, 0.15) is 40.0 Å². The Morgan fingerprint density at radius 3 is 2.59 bits per heavy atom. The van der Waals surface area contributed by atoms with Gasteiger partial charge in [0.2, 0.25) is 0 Å². The van der Waals surface area contributed by atoms with Crippen LogP contribution in [0.4, 0.5) is 0 Å². The lowest BCUT2D eigenvalue weighted by molar-refractivity contribution is 0.239. The van der Waals surface area contributed by atoms with Crippen LogP contribution in [0.2, 0.25) is 0 Å². The first kappa shape index (κ1) is 14.4. The van der Waals surface area contributed by atoms with Gasteiger partial charge < -0.3 is 0 Å². The highest BCUT2D eigenvalue weighted by molar-refractivity contribution is 7.86. The molecule has 17 heavy (non-hydrogen) atoms. The summed E-state index contributed by atoms with van der Waals surface area (Å²) in [6, 6.07) is 1.78. The number of rotatable bonds is 4. The van der Waals surface area contributed by atoms with Crippen molar-refractivity contribution in [3.63, 3.8) is 0 Å². The average Bonchev–Trinajstić information content (AvgIpc) is 2.25. The van der Waals surface area contributed by atoms with Crippen molar-refractivity contribution in [2.24, 2.45) is 0 Å². The van der Waals surface area contributed by atoms with Gasteiger partial charge in [-0.25, -0.2) is 0 Å². The van der Waals surface area contributed by atoms with Crippen molar-refractivity contribution < 1.29 is 8.42 Å². The number of nitrogens with zero attached hydrogens (tertiary/aromatic N) is 3. The lowest BCUT2D eigenvalue weighted by atomic mass is 10.1. The molecule has 1 heterocycles. The molecule has 0 aliphatic carbocycles. The van der Waals surface area contributed by atoms with Crippen molar-refractivity contribution in [3.8, 4) is 6.07 Å². The van der Waals surface area contributed by atoms with Gasteiger partial charge in [0.15, 0.2) is 0 Å². The third kappa shape index (κ3) is 3.18. The molecule has 1 aliphatic rings. The fourth-order valence-corrected chi connectivity index (χ4v) is 4.09. The normalized spacial score (nSPS) is 22.9. The standard InChI is InChI=1S/C11H21N3O2S/c1-10(2)13(9-7-12)17(15,16)14-8-5-4-6-11(14)3/h10-11H,4-6,8-9H2,1-3H3. The van der Waals surface area contributed by atoms with E-state index in [9.17, 15) is 8.42 Å². The summed E-state index contributed by atoms with van der Waals surface area (Å²) in [7, 11) is -3.49. The maximum Gasteiger partial charge on any atom is 0.283 e. The Labute approximate surface area is 104 Å². The van der Waals surface area contributed by atoms with Crippen molar-refractivity contribution in [1.82, 2.24) is 8.61 Å². The van der Waals surface area contributed by atoms with Crippen LogP contribution in [-0.2, 0) is 10.2 Å². The van der Waals surface area contributed by atoms with Gasteiger partial charge in [-0.15, -0.1) is 0 Å². The summed E-state index contributed by atoms with van der Waals surface area (Å²) < 4.78 is 27.7. The zero-order chi connectivity index (χ0) is 13.1. The largest absolute Gasteiger partial charge is 0.283 e. The van der Waals surface area contributed by atoms with E-state index >= 15 is 0 Å².